The first-order valence-electron chi connectivity index (χ1n) is 9.37. The van der Waals surface area contributed by atoms with E-state index in [-0.39, 0.29) is 23.4 Å². The number of nitro groups is 1. The maximum absolute atomic E-state index is 12.2. The van der Waals surface area contributed by atoms with E-state index in [4.69, 9.17) is 9.15 Å². The first kappa shape index (κ1) is 19.4. The smallest absolute Gasteiger partial charge is 0.273 e. The van der Waals surface area contributed by atoms with E-state index in [2.05, 4.69) is 10.5 Å². The number of hydrazone groups is 1. The Morgan fingerprint density at radius 1 is 1.23 bits per heavy atom. The molecule has 8 heteroatoms. The fraction of sp³-hybridized carbons (Fsp3) is 0.182. The highest BCUT2D eigenvalue weighted by atomic mass is 16.6. The van der Waals surface area contributed by atoms with Gasteiger partial charge in [0.2, 0.25) is 5.91 Å². The maximum atomic E-state index is 12.2. The van der Waals surface area contributed by atoms with Crippen LogP contribution in [-0.2, 0) is 4.79 Å². The van der Waals surface area contributed by atoms with Crippen LogP contribution >= 0.6 is 0 Å². The second-order valence-electron chi connectivity index (χ2n) is 6.94. The zero-order valence-corrected chi connectivity index (χ0v) is 16.1. The number of nitrogens with zero attached hydrogens (tertiary/aromatic N) is 2. The van der Waals surface area contributed by atoms with Crippen molar-refractivity contribution < 1.29 is 18.9 Å². The summed E-state index contributed by atoms with van der Waals surface area (Å²) < 4.78 is 10.9. The van der Waals surface area contributed by atoms with E-state index < -0.39 is 4.92 Å². The number of methoxy groups -OCH3 is 1. The van der Waals surface area contributed by atoms with E-state index >= 15 is 0 Å². The third-order valence-electron chi connectivity index (χ3n) is 5.01. The summed E-state index contributed by atoms with van der Waals surface area (Å²) in [6.07, 6.45) is 2.23. The molecule has 1 amide bonds. The van der Waals surface area contributed by atoms with Crippen LogP contribution in [0.25, 0.3) is 11.3 Å². The maximum Gasteiger partial charge on any atom is 0.273 e. The minimum Gasteiger partial charge on any atom is -0.496 e. The van der Waals surface area contributed by atoms with Gasteiger partial charge in [0.15, 0.2) is 0 Å². The van der Waals surface area contributed by atoms with Gasteiger partial charge in [-0.05, 0) is 36.1 Å². The molecule has 0 bridgehead atoms. The predicted octanol–water partition coefficient (Wildman–Crippen LogP) is 4.12. The van der Waals surface area contributed by atoms with Crippen LogP contribution in [0, 0.1) is 16.0 Å². The Morgan fingerprint density at radius 2 is 2.03 bits per heavy atom. The van der Waals surface area contributed by atoms with Crippen LogP contribution in [0.4, 0.5) is 5.69 Å². The molecule has 0 spiro atoms. The Hall–Kier alpha value is -3.94. The number of benzene rings is 2. The summed E-state index contributed by atoms with van der Waals surface area (Å²) in [4.78, 5) is 22.7. The Balaban J connectivity index is 1.39. The number of non-ortho nitro benzene ring substituents is 1. The average Bonchev–Trinajstić information content (AvgIpc) is 3.45. The van der Waals surface area contributed by atoms with E-state index in [1.54, 1.807) is 18.2 Å². The van der Waals surface area contributed by atoms with Crippen molar-refractivity contribution in [2.75, 3.05) is 7.11 Å². The molecule has 1 aliphatic carbocycles. The number of carbonyl (C=O) groups is 1. The molecule has 8 nitrogen and oxygen atoms in total. The Morgan fingerprint density at radius 3 is 2.77 bits per heavy atom. The van der Waals surface area contributed by atoms with E-state index in [0.29, 0.717) is 22.8 Å². The predicted molar refractivity (Wildman–Crippen MR) is 110 cm³/mol. The highest BCUT2D eigenvalue weighted by molar-refractivity contribution is 5.85. The van der Waals surface area contributed by atoms with Gasteiger partial charge in [0.1, 0.15) is 17.3 Å². The molecule has 3 aromatic rings. The minimum absolute atomic E-state index is 0.0684. The van der Waals surface area contributed by atoms with Crippen molar-refractivity contribution in [2.24, 2.45) is 11.0 Å². The Kier molecular flexibility index (Phi) is 5.30. The normalized spacial score (nSPS) is 17.6. The van der Waals surface area contributed by atoms with Gasteiger partial charge in [0.25, 0.3) is 5.69 Å². The molecule has 0 aliphatic heterocycles. The van der Waals surface area contributed by atoms with Gasteiger partial charge in [-0.15, -0.1) is 0 Å². The molecule has 30 heavy (non-hydrogen) atoms. The van der Waals surface area contributed by atoms with Crippen LogP contribution in [0.5, 0.6) is 5.75 Å². The lowest BCUT2D eigenvalue weighted by Gasteiger charge is -2.05. The number of nitro benzene ring substituents is 1. The molecule has 4 rings (SSSR count). The molecule has 1 fully saturated rings. The molecule has 1 N–H and O–H groups in total. The third-order valence-corrected chi connectivity index (χ3v) is 5.01. The van der Waals surface area contributed by atoms with Crippen molar-refractivity contribution in [3.8, 4) is 17.1 Å². The lowest BCUT2D eigenvalue weighted by Crippen LogP contribution is -2.20. The number of carbonyl (C=O) groups excluding carboxylic acids is 1. The van der Waals surface area contributed by atoms with Crippen LogP contribution in [-0.4, -0.2) is 24.2 Å². The summed E-state index contributed by atoms with van der Waals surface area (Å²) in [5.74, 6) is 1.29. The molecular weight excluding hydrogens is 386 g/mol. The molecule has 0 saturated heterocycles. The molecule has 0 radical (unpaired) electrons. The van der Waals surface area contributed by atoms with Crippen molar-refractivity contribution in [1.29, 1.82) is 0 Å². The van der Waals surface area contributed by atoms with Crippen LogP contribution in [0.15, 0.2) is 70.2 Å². The lowest BCUT2D eigenvalue weighted by molar-refractivity contribution is -0.384. The third kappa shape index (κ3) is 4.07. The topological polar surface area (TPSA) is 107 Å². The van der Waals surface area contributed by atoms with Gasteiger partial charge in [-0.3, -0.25) is 14.9 Å². The summed E-state index contributed by atoms with van der Waals surface area (Å²) in [5.41, 5.74) is 4.23. The molecule has 2 atom stereocenters. The van der Waals surface area contributed by atoms with Gasteiger partial charge in [-0.2, -0.15) is 5.10 Å². The molecular formula is C22H19N3O5. The number of hydrogen-bond donors (Lipinski definition) is 1. The van der Waals surface area contributed by atoms with Gasteiger partial charge in [-0.1, -0.05) is 30.3 Å². The fourth-order valence-corrected chi connectivity index (χ4v) is 3.36. The number of amides is 1. The number of hydrogen-bond acceptors (Lipinski definition) is 6. The van der Waals surface area contributed by atoms with Crippen molar-refractivity contribution in [2.45, 2.75) is 12.3 Å². The molecule has 0 unspecified atom stereocenters. The second kappa shape index (κ2) is 8.20. The van der Waals surface area contributed by atoms with E-state index in [1.165, 1.54) is 25.5 Å². The Labute approximate surface area is 172 Å². The highest BCUT2D eigenvalue weighted by Gasteiger charge is 2.43. The molecule has 2 aromatic carbocycles. The number of rotatable bonds is 7. The second-order valence-corrected chi connectivity index (χ2v) is 6.94. The largest absolute Gasteiger partial charge is 0.496 e. The first-order valence-corrected chi connectivity index (χ1v) is 9.37. The Bertz CT molecular complexity index is 1110. The fourth-order valence-electron chi connectivity index (χ4n) is 3.36. The summed E-state index contributed by atoms with van der Waals surface area (Å²) in [7, 11) is 1.43. The molecule has 152 valence electrons. The summed E-state index contributed by atoms with van der Waals surface area (Å²) >= 11 is 0. The summed E-state index contributed by atoms with van der Waals surface area (Å²) in [6, 6.07) is 17.6. The SMILES string of the molecule is COc1cc([N+](=O)[O-])ccc1-c1ccc(/C=N\NC(=O)[C@@H]2C[C@H]2c2ccccc2)o1. The van der Waals surface area contributed by atoms with Crippen molar-refractivity contribution in [3.05, 3.63) is 82.1 Å². The molecule has 1 heterocycles. The van der Waals surface area contributed by atoms with Crippen LogP contribution in [0.3, 0.4) is 0 Å². The van der Waals surface area contributed by atoms with E-state index in [0.717, 1.165) is 12.0 Å². The molecule has 1 saturated carbocycles. The monoisotopic (exact) mass is 405 g/mol. The number of nitrogens with one attached hydrogen (secondary N) is 1. The highest BCUT2D eigenvalue weighted by Crippen LogP contribution is 2.47. The minimum atomic E-state index is -0.489. The zero-order valence-electron chi connectivity index (χ0n) is 16.1. The molecule has 1 aromatic heterocycles. The van der Waals surface area contributed by atoms with Crippen molar-refractivity contribution in [1.82, 2.24) is 5.43 Å². The van der Waals surface area contributed by atoms with Gasteiger partial charge in [-0.25, -0.2) is 5.43 Å². The van der Waals surface area contributed by atoms with Crippen molar-refractivity contribution >= 4 is 17.8 Å². The van der Waals surface area contributed by atoms with Crippen LogP contribution < -0.4 is 10.2 Å². The lowest BCUT2D eigenvalue weighted by atomic mass is 10.1. The van der Waals surface area contributed by atoms with E-state index in [1.807, 2.05) is 30.3 Å². The first-order chi connectivity index (χ1) is 14.6. The van der Waals surface area contributed by atoms with Crippen LogP contribution in [0.2, 0.25) is 0 Å². The number of furan rings is 1. The average molecular weight is 405 g/mol. The summed E-state index contributed by atoms with van der Waals surface area (Å²) in [5, 5.41) is 14.9. The van der Waals surface area contributed by atoms with Crippen LogP contribution in [0.1, 0.15) is 23.7 Å². The van der Waals surface area contributed by atoms with Gasteiger partial charge >= 0.3 is 0 Å². The van der Waals surface area contributed by atoms with Gasteiger partial charge < -0.3 is 9.15 Å². The van der Waals surface area contributed by atoms with Crippen molar-refractivity contribution in [3.63, 3.8) is 0 Å². The number of ether oxygens (including phenoxy) is 1. The van der Waals surface area contributed by atoms with E-state index in [9.17, 15) is 14.9 Å². The van der Waals surface area contributed by atoms with Gasteiger partial charge in [0, 0.05) is 12.0 Å². The standard InChI is InChI=1S/C22H19N3O5/c1-29-21-11-15(25(27)28)7-9-17(21)20-10-8-16(30-20)13-23-24-22(26)19-12-18(19)14-5-3-2-4-6-14/h2-11,13,18-19H,12H2,1H3,(H,24,26)/b23-13-/t18-,19+/m0/s1. The molecule has 1 aliphatic rings. The van der Waals surface area contributed by atoms with Gasteiger partial charge in [0.05, 0.1) is 29.9 Å². The zero-order chi connectivity index (χ0) is 21.1. The quantitative estimate of drug-likeness (QED) is 0.361. The summed E-state index contributed by atoms with van der Waals surface area (Å²) in [6.45, 7) is 0.